The Labute approximate surface area is 184 Å². The van der Waals surface area contributed by atoms with Gasteiger partial charge >= 0.3 is 0 Å². The van der Waals surface area contributed by atoms with Crippen LogP contribution in [0.1, 0.15) is 105 Å². The molecule has 6 nitrogen and oxygen atoms in total. The number of nitrogens with zero attached hydrogens (tertiary/aromatic N) is 3. The van der Waals surface area contributed by atoms with Crippen LogP contribution in [0.2, 0.25) is 0 Å². The highest BCUT2D eigenvalue weighted by atomic mass is 16.6. The minimum Gasteiger partial charge on any atom is -0.737 e. The molecule has 0 aromatic heterocycles. The number of nitrogens with one attached hydrogen (secondary N) is 1. The van der Waals surface area contributed by atoms with Crippen molar-refractivity contribution < 1.29 is 4.97 Å². The van der Waals surface area contributed by atoms with Crippen LogP contribution in [-0.4, -0.2) is 36.2 Å². The van der Waals surface area contributed by atoms with E-state index in [0.717, 1.165) is 13.1 Å². The second kappa shape index (κ2) is 14.9. The normalized spacial score (nSPS) is 12.5. The molecule has 0 fully saturated rings. The summed E-state index contributed by atoms with van der Waals surface area (Å²) < 4.78 is 0. The maximum absolute atomic E-state index is 11.2. The van der Waals surface area contributed by atoms with Gasteiger partial charge in [-0.15, -0.1) is 5.01 Å². The molecule has 6 heteroatoms. The first-order valence-electron chi connectivity index (χ1n) is 9.52. The average Bonchev–Trinajstić information content (AvgIpc) is 2.31. The third-order valence-electron chi connectivity index (χ3n) is 2.94. The van der Waals surface area contributed by atoms with Crippen molar-refractivity contribution in [2.75, 3.05) is 26.2 Å². The van der Waals surface area contributed by atoms with Crippen molar-refractivity contribution >= 4 is 0 Å². The molecule has 0 aliphatic rings. The molecule has 0 radical (unpaired) electrons. The van der Waals surface area contributed by atoms with Gasteiger partial charge in [0.2, 0.25) is 0 Å². The van der Waals surface area contributed by atoms with Gasteiger partial charge in [-0.1, -0.05) is 105 Å². The van der Waals surface area contributed by atoms with E-state index in [4.69, 9.17) is 0 Å². The van der Waals surface area contributed by atoms with Crippen LogP contribution in [0.5, 0.6) is 0 Å². The lowest BCUT2D eigenvalue weighted by Crippen LogP contribution is -2.42. The molecule has 29 heavy (non-hydrogen) atoms. The van der Waals surface area contributed by atoms with Crippen molar-refractivity contribution in [3.8, 4) is 0 Å². The van der Waals surface area contributed by atoms with E-state index in [1.54, 1.807) is 0 Å². The first-order chi connectivity index (χ1) is 11.3. The standard InChI is InChI=1S/C10H23N3O2.C10H23N.3CH4/c1-9(2,3)7-12(13(15)11-14)8-10(4,5)6;1-9(2,3)7-11-8-10(4,5)6;;;/h14H,7-8H2,1-6H3;11H,7-8H2,1-6H3;3*1H4/p-1/b13-11-;;;;. The van der Waals surface area contributed by atoms with E-state index in [-0.39, 0.29) is 38.1 Å². The van der Waals surface area contributed by atoms with E-state index in [1.807, 2.05) is 41.5 Å². The predicted octanol–water partition coefficient (Wildman–Crippen LogP) is 7.33. The Bertz CT molecular complexity index is 379. The van der Waals surface area contributed by atoms with Crippen molar-refractivity contribution in [2.45, 2.75) is 105 Å². The fourth-order valence-electron chi connectivity index (χ4n) is 2.14. The summed E-state index contributed by atoms with van der Waals surface area (Å²) in [5.74, 6) is 0. The summed E-state index contributed by atoms with van der Waals surface area (Å²) in [4.78, 5) is 0.149. The largest absolute Gasteiger partial charge is 0.737 e. The SMILES string of the molecule is C.C.C.CC(C)(C)CN(CC(C)(C)C)/[N+]([O-])=N/[O-].CC(C)(C)CNCC(C)(C)C. The molecular weight excluding hydrogens is 364 g/mol. The molecule has 0 aromatic carbocycles. The second-order valence-corrected chi connectivity index (χ2v) is 12.0. The third kappa shape index (κ3) is 31.9. The maximum atomic E-state index is 11.2. The molecule has 0 spiro atoms. The van der Waals surface area contributed by atoms with Crippen LogP contribution in [0.25, 0.3) is 0 Å². The molecule has 0 saturated heterocycles. The zero-order valence-electron chi connectivity index (χ0n) is 19.5. The highest BCUT2D eigenvalue weighted by molar-refractivity contribution is 4.70. The molecular formula is C23H57N4O2-. The van der Waals surface area contributed by atoms with Gasteiger partial charge in [0.1, 0.15) is 0 Å². The van der Waals surface area contributed by atoms with Crippen molar-refractivity contribution in [1.82, 2.24) is 10.3 Å². The summed E-state index contributed by atoms with van der Waals surface area (Å²) in [6.45, 7) is 28.8. The van der Waals surface area contributed by atoms with Crippen LogP contribution < -0.4 is 5.32 Å². The molecule has 0 atom stereocenters. The molecule has 0 unspecified atom stereocenters. The Hall–Kier alpha value is -1.04. The van der Waals surface area contributed by atoms with Gasteiger partial charge in [-0.3, -0.25) is 0 Å². The zero-order chi connectivity index (χ0) is 21.4. The van der Waals surface area contributed by atoms with Crippen LogP contribution in [-0.2, 0) is 0 Å². The average molecular weight is 422 g/mol. The summed E-state index contributed by atoms with van der Waals surface area (Å²) in [7, 11) is 0. The van der Waals surface area contributed by atoms with Crippen LogP contribution in [0.4, 0.5) is 0 Å². The molecule has 0 bridgehead atoms. The number of hydrazine groups is 1. The quantitative estimate of drug-likeness (QED) is 0.286. The summed E-state index contributed by atoms with van der Waals surface area (Å²) in [5.41, 5.74) is 0.730. The number of hydrogen-bond acceptors (Lipinski definition) is 4. The van der Waals surface area contributed by atoms with Gasteiger partial charge < -0.3 is 15.7 Å². The Morgan fingerprint density at radius 3 is 1.10 bits per heavy atom. The maximum Gasteiger partial charge on any atom is 0.0816 e. The van der Waals surface area contributed by atoms with Gasteiger partial charge in [0.15, 0.2) is 0 Å². The number of rotatable bonds is 5. The summed E-state index contributed by atoms with van der Waals surface area (Å²) in [6, 6.07) is 0. The lowest BCUT2D eigenvalue weighted by molar-refractivity contribution is -0.695. The minimum absolute atomic E-state index is 0. The van der Waals surface area contributed by atoms with Crippen LogP contribution in [0, 0.1) is 32.1 Å². The summed E-state index contributed by atoms with van der Waals surface area (Å²) in [6.07, 6.45) is 0. The fourth-order valence-corrected chi connectivity index (χ4v) is 2.14. The Morgan fingerprint density at radius 1 is 0.655 bits per heavy atom. The van der Waals surface area contributed by atoms with Gasteiger partial charge in [-0.05, 0) is 26.9 Å². The third-order valence-corrected chi connectivity index (χ3v) is 2.94. The summed E-state index contributed by atoms with van der Waals surface area (Å²) in [5, 5.41) is 28.8. The van der Waals surface area contributed by atoms with Gasteiger partial charge in [-0.25, -0.2) is 0 Å². The molecule has 0 amide bonds. The molecule has 182 valence electrons. The Morgan fingerprint density at radius 2 is 0.931 bits per heavy atom. The second-order valence-electron chi connectivity index (χ2n) is 12.0. The smallest absolute Gasteiger partial charge is 0.0816 e. The van der Waals surface area contributed by atoms with E-state index in [1.165, 1.54) is 5.01 Å². The lowest BCUT2D eigenvalue weighted by Gasteiger charge is -2.31. The molecule has 0 heterocycles. The first-order valence-corrected chi connectivity index (χ1v) is 9.52. The number of hydrogen-bond donors (Lipinski definition) is 1. The topological polar surface area (TPSA) is 76.8 Å². The van der Waals surface area contributed by atoms with Crippen molar-refractivity contribution in [3.63, 3.8) is 0 Å². The Balaban J connectivity index is -0.000000124. The van der Waals surface area contributed by atoms with Crippen LogP contribution in [0.3, 0.4) is 0 Å². The van der Waals surface area contributed by atoms with Crippen molar-refractivity contribution in [1.29, 1.82) is 0 Å². The predicted molar refractivity (Wildman–Crippen MR) is 132 cm³/mol. The molecule has 1 N–H and O–H groups in total. The van der Waals surface area contributed by atoms with E-state index < -0.39 is 0 Å². The van der Waals surface area contributed by atoms with Crippen molar-refractivity contribution in [3.05, 3.63) is 10.4 Å². The van der Waals surface area contributed by atoms with E-state index in [2.05, 4.69) is 52.1 Å². The van der Waals surface area contributed by atoms with Gasteiger partial charge in [0, 0.05) is 18.1 Å². The molecule has 0 rings (SSSR count). The van der Waals surface area contributed by atoms with Crippen molar-refractivity contribution in [2.24, 2.45) is 26.9 Å². The summed E-state index contributed by atoms with van der Waals surface area (Å²) >= 11 is 0. The van der Waals surface area contributed by atoms with E-state index in [0.29, 0.717) is 23.9 Å². The van der Waals surface area contributed by atoms with Crippen LogP contribution in [0.15, 0.2) is 5.28 Å². The van der Waals surface area contributed by atoms with Gasteiger partial charge in [0.05, 0.1) is 13.1 Å². The fraction of sp³-hybridized carbons (Fsp3) is 1.00. The monoisotopic (exact) mass is 421 g/mol. The zero-order valence-corrected chi connectivity index (χ0v) is 19.5. The van der Waals surface area contributed by atoms with E-state index in [9.17, 15) is 10.4 Å². The van der Waals surface area contributed by atoms with Gasteiger partial charge in [-0.2, -0.15) is 0 Å². The molecule has 0 saturated carbocycles. The molecule has 0 aromatic rings. The Kier molecular flexibility index (Phi) is 19.8. The highest BCUT2D eigenvalue weighted by Crippen LogP contribution is 2.21. The van der Waals surface area contributed by atoms with E-state index >= 15 is 0 Å². The first kappa shape index (κ1) is 38.6. The molecule has 0 aliphatic carbocycles. The highest BCUT2D eigenvalue weighted by Gasteiger charge is 2.26. The lowest BCUT2D eigenvalue weighted by atomic mass is 9.93. The minimum atomic E-state index is -0.0431. The molecule has 0 aliphatic heterocycles. The van der Waals surface area contributed by atoms with Crippen LogP contribution >= 0.6 is 0 Å². The van der Waals surface area contributed by atoms with Gasteiger partial charge in [0.25, 0.3) is 0 Å².